The standard InChI is InChI=1S/C18H18Cl2N2O3/c1-13(23)22(18-15(19)8-5-9-16(18)20)11-10-21-17(24)12-25-14-6-3-2-4-7-14/h2-9H,10-12H2,1H3,(H,21,24). The SMILES string of the molecule is CC(=O)N(CCNC(=O)COc1ccccc1)c1c(Cl)cccc1Cl. The molecule has 1 N–H and O–H groups in total. The van der Waals surface area contributed by atoms with Crippen molar-refractivity contribution in [3.8, 4) is 5.75 Å². The molecule has 2 aromatic rings. The van der Waals surface area contributed by atoms with Gasteiger partial charge in [-0.3, -0.25) is 9.59 Å². The highest BCUT2D eigenvalue weighted by molar-refractivity contribution is 6.39. The molecule has 25 heavy (non-hydrogen) atoms. The summed E-state index contributed by atoms with van der Waals surface area (Å²) in [6, 6.07) is 14.1. The van der Waals surface area contributed by atoms with E-state index in [4.69, 9.17) is 27.9 Å². The molecular formula is C18H18Cl2N2O3. The lowest BCUT2D eigenvalue weighted by atomic mass is 10.2. The van der Waals surface area contributed by atoms with Crippen LogP contribution in [-0.4, -0.2) is 31.5 Å². The summed E-state index contributed by atoms with van der Waals surface area (Å²) < 4.78 is 5.36. The molecule has 0 fully saturated rings. The third kappa shape index (κ3) is 5.66. The van der Waals surface area contributed by atoms with Gasteiger partial charge in [0.15, 0.2) is 6.61 Å². The quantitative estimate of drug-likeness (QED) is 0.798. The fourth-order valence-electron chi connectivity index (χ4n) is 2.20. The Labute approximate surface area is 156 Å². The number of para-hydroxylation sites is 2. The summed E-state index contributed by atoms with van der Waals surface area (Å²) in [5, 5.41) is 3.46. The Morgan fingerprint density at radius 2 is 1.68 bits per heavy atom. The first kappa shape index (κ1) is 19.1. The van der Waals surface area contributed by atoms with E-state index in [1.165, 1.54) is 11.8 Å². The summed E-state index contributed by atoms with van der Waals surface area (Å²) in [6.45, 7) is 1.81. The zero-order valence-corrected chi connectivity index (χ0v) is 15.2. The van der Waals surface area contributed by atoms with Crippen molar-refractivity contribution < 1.29 is 14.3 Å². The normalized spacial score (nSPS) is 10.2. The number of carbonyl (C=O) groups excluding carboxylic acids is 2. The molecule has 2 rings (SSSR count). The lowest BCUT2D eigenvalue weighted by Gasteiger charge is -2.23. The molecular weight excluding hydrogens is 363 g/mol. The average molecular weight is 381 g/mol. The molecule has 0 saturated carbocycles. The van der Waals surface area contributed by atoms with Crippen LogP contribution in [0.2, 0.25) is 10.0 Å². The van der Waals surface area contributed by atoms with Crippen molar-refractivity contribution in [2.45, 2.75) is 6.92 Å². The smallest absolute Gasteiger partial charge is 0.258 e. The molecule has 0 heterocycles. The van der Waals surface area contributed by atoms with Gasteiger partial charge in [0.1, 0.15) is 5.75 Å². The van der Waals surface area contributed by atoms with Crippen molar-refractivity contribution >= 4 is 40.7 Å². The lowest BCUT2D eigenvalue weighted by molar-refractivity contribution is -0.123. The number of halogens is 2. The Morgan fingerprint density at radius 3 is 2.28 bits per heavy atom. The third-order valence-corrected chi connectivity index (χ3v) is 3.97. The number of anilines is 1. The minimum Gasteiger partial charge on any atom is -0.484 e. The second kappa shape index (κ2) is 9.30. The number of amides is 2. The van der Waals surface area contributed by atoms with Gasteiger partial charge in [0.2, 0.25) is 5.91 Å². The van der Waals surface area contributed by atoms with Gasteiger partial charge in [-0.1, -0.05) is 47.5 Å². The van der Waals surface area contributed by atoms with E-state index in [0.29, 0.717) is 21.5 Å². The first-order valence-electron chi connectivity index (χ1n) is 7.65. The zero-order chi connectivity index (χ0) is 18.2. The van der Waals surface area contributed by atoms with Crippen LogP contribution in [0, 0.1) is 0 Å². The highest BCUT2D eigenvalue weighted by Gasteiger charge is 2.18. The highest BCUT2D eigenvalue weighted by atomic mass is 35.5. The van der Waals surface area contributed by atoms with Crippen LogP contribution in [-0.2, 0) is 9.59 Å². The summed E-state index contributed by atoms with van der Waals surface area (Å²) in [5.74, 6) is 0.119. The fourth-order valence-corrected chi connectivity index (χ4v) is 2.80. The van der Waals surface area contributed by atoms with Crippen molar-refractivity contribution in [3.05, 3.63) is 58.6 Å². The van der Waals surface area contributed by atoms with Gasteiger partial charge < -0.3 is 15.0 Å². The predicted molar refractivity (Wildman–Crippen MR) is 99.4 cm³/mol. The van der Waals surface area contributed by atoms with Gasteiger partial charge in [-0.05, 0) is 24.3 Å². The molecule has 0 spiro atoms. The number of rotatable bonds is 7. The summed E-state index contributed by atoms with van der Waals surface area (Å²) >= 11 is 12.3. The Kier molecular flexibility index (Phi) is 7.10. The van der Waals surface area contributed by atoms with Crippen molar-refractivity contribution in [2.75, 3.05) is 24.6 Å². The van der Waals surface area contributed by atoms with Gasteiger partial charge >= 0.3 is 0 Å². The minimum absolute atomic E-state index is 0.100. The van der Waals surface area contributed by atoms with E-state index >= 15 is 0 Å². The molecule has 7 heteroatoms. The second-order valence-corrected chi connectivity index (χ2v) is 6.01. The number of nitrogens with zero attached hydrogens (tertiary/aromatic N) is 1. The molecule has 0 atom stereocenters. The maximum Gasteiger partial charge on any atom is 0.258 e. The Balaban J connectivity index is 1.87. The number of hydrogen-bond acceptors (Lipinski definition) is 3. The monoisotopic (exact) mass is 380 g/mol. The van der Waals surface area contributed by atoms with E-state index < -0.39 is 0 Å². The number of carbonyl (C=O) groups is 2. The summed E-state index contributed by atoms with van der Waals surface area (Å²) in [6.07, 6.45) is 0. The van der Waals surface area contributed by atoms with Gasteiger partial charge in [0.05, 0.1) is 15.7 Å². The van der Waals surface area contributed by atoms with Gasteiger partial charge in [-0.25, -0.2) is 0 Å². The molecule has 0 aromatic heterocycles. The van der Waals surface area contributed by atoms with Crippen molar-refractivity contribution in [1.29, 1.82) is 0 Å². The minimum atomic E-state index is -0.280. The molecule has 0 radical (unpaired) electrons. The molecule has 2 amide bonds. The molecule has 0 aliphatic rings. The maximum atomic E-state index is 11.9. The van der Waals surface area contributed by atoms with Crippen LogP contribution in [0.3, 0.4) is 0 Å². The summed E-state index contributed by atoms with van der Waals surface area (Å²) in [7, 11) is 0. The highest BCUT2D eigenvalue weighted by Crippen LogP contribution is 2.33. The van der Waals surface area contributed by atoms with Crippen molar-refractivity contribution in [1.82, 2.24) is 5.32 Å². The molecule has 0 aliphatic carbocycles. The first-order chi connectivity index (χ1) is 12.0. The largest absolute Gasteiger partial charge is 0.484 e. The summed E-state index contributed by atoms with van der Waals surface area (Å²) in [5.41, 5.74) is 0.438. The third-order valence-electron chi connectivity index (χ3n) is 3.36. The first-order valence-corrected chi connectivity index (χ1v) is 8.41. The predicted octanol–water partition coefficient (Wildman–Crippen LogP) is 3.54. The van der Waals surface area contributed by atoms with Crippen LogP contribution >= 0.6 is 23.2 Å². The van der Waals surface area contributed by atoms with E-state index in [9.17, 15) is 9.59 Å². The summed E-state index contributed by atoms with van der Waals surface area (Å²) in [4.78, 5) is 25.2. The maximum absolute atomic E-state index is 11.9. The van der Waals surface area contributed by atoms with E-state index in [0.717, 1.165) is 0 Å². The molecule has 2 aromatic carbocycles. The molecule has 0 saturated heterocycles. The van der Waals surface area contributed by atoms with Crippen LogP contribution < -0.4 is 15.0 Å². The van der Waals surface area contributed by atoms with Crippen molar-refractivity contribution in [3.63, 3.8) is 0 Å². The van der Waals surface area contributed by atoms with Crippen LogP contribution in [0.1, 0.15) is 6.92 Å². The van der Waals surface area contributed by atoms with Crippen LogP contribution in [0.15, 0.2) is 48.5 Å². The van der Waals surface area contributed by atoms with Gasteiger partial charge in [-0.15, -0.1) is 0 Å². The van der Waals surface area contributed by atoms with E-state index in [-0.39, 0.29) is 31.5 Å². The number of benzene rings is 2. The van der Waals surface area contributed by atoms with E-state index in [2.05, 4.69) is 5.32 Å². The van der Waals surface area contributed by atoms with Crippen LogP contribution in [0.5, 0.6) is 5.75 Å². The van der Waals surface area contributed by atoms with Gasteiger partial charge in [-0.2, -0.15) is 0 Å². The topological polar surface area (TPSA) is 58.6 Å². The van der Waals surface area contributed by atoms with Crippen molar-refractivity contribution in [2.24, 2.45) is 0 Å². The van der Waals surface area contributed by atoms with E-state index in [1.54, 1.807) is 30.3 Å². The zero-order valence-electron chi connectivity index (χ0n) is 13.7. The Hall–Kier alpha value is -2.24. The number of nitrogens with one attached hydrogen (secondary N) is 1. The molecule has 0 aliphatic heterocycles. The molecule has 5 nitrogen and oxygen atoms in total. The lowest BCUT2D eigenvalue weighted by Crippen LogP contribution is -2.39. The fraction of sp³-hybridized carbons (Fsp3) is 0.222. The number of hydrogen-bond donors (Lipinski definition) is 1. The van der Waals surface area contributed by atoms with E-state index in [1.807, 2.05) is 18.2 Å². The Bertz CT molecular complexity index is 718. The molecule has 0 unspecified atom stereocenters. The van der Waals surface area contributed by atoms with Crippen LogP contribution in [0.4, 0.5) is 5.69 Å². The molecule has 132 valence electrons. The van der Waals surface area contributed by atoms with Crippen LogP contribution in [0.25, 0.3) is 0 Å². The van der Waals surface area contributed by atoms with Gasteiger partial charge in [0.25, 0.3) is 5.91 Å². The Morgan fingerprint density at radius 1 is 1.04 bits per heavy atom. The van der Waals surface area contributed by atoms with Gasteiger partial charge in [0, 0.05) is 20.0 Å². The number of ether oxygens (including phenoxy) is 1. The average Bonchev–Trinajstić information content (AvgIpc) is 2.59. The molecule has 0 bridgehead atoms. The second-order valence-electron chi connectivity index (χ2n) is 5.19.